The third-order valence-electron chi connectivity index (χ3n) is 8.77. The molecule has 0 spiro atoms. The first-order valence-electron chi connectivity index (χ1n) is 16.7. The molecule has 3 aromatic carbocycles. The first-order valence-corrected chi connectivity index (χ1v) is 17.6. The topological polar surface area (TPSA) is 123 Å². The Hall–Kier alpha value is -5.53. The molecular formula is C38H36F5N6O4S+. The van der Waals surface area contributed by atoms with Gasteiger partial charge in [-0.15, -0.1) is 16.0 Å². The van der Waals surface area contributed by atoms with Crippen molar-refractivity contribution in [2.24, 2.45) is 0 Å². The van der Waals surface area contributed by atoms with Gasteiger partial charge < -0.3 is 14.8 Å². The first-order chi connectivity index (χ1) is 25.5. The molecule has 0 aliphatic rings. The molecule has 0 bridgehead atoms. The van der Waals surface area contributed by atoms with E-state index in [0.717, 1.165) is 29.0 Å². The summed E-state index contributed by atoms with van der Waals surface area (Å²) in [5.41, 5.74) is 0.610. The number of aryl methyl sites for hydroxylation is 2. The average molecular weight is 768 g/mol. The second kappa shape index (κ2) is 16.2. The number of halogens is 5. The van der Waals surface area contributed by atoms with E-state index in [1.54, 1.807) is 55.0 Å². The Bertz CT molecular complexity index is 2170. The fourth-order valence-electron chi connectivity index (χ4n) is 6.07. The number of nitrogens with one attached hydrogen (secondary N) is 1. The minimum absolute atomic E-state index is 0.180. The fraction of sp³-hybridized carbons (Fsp3) is 0.316. The van der Waals surface area contributed by atoms with Gasteiger partial charge in [0.25, 0.3) is 6.33 Å². The molecule has 16 heteroatoms. The van der Waals surface area contributed by atoms with Gasteiger partial charge in [-0.05, 0) is 80.4 Å². The molecular weight excluding hydrogens is 732 g/mol. The van der Waals surface area contributed by atoms with Crippen LogP contribution in [0.5, 0.6) is 5.75 Å². The number of benzene rings is 3. The van der Waals surface area contributed by atoms with Crippen LogP contribution in [0, 0.1) is 36.8 Å². The summed E-state index contributed by atoms with van der Waals surface area (Å²) in [6.45, 7) is 8.78. The van der Waals surface area contributed by atoms with Gasteiger partial charge in [0, 0.05) is 27.7 Å². The molecule has 0 radical (unpaired) electrons. The van der Waals surface area contributed by atoms with Gasteiger partial charge in [-0.1, -0.05) is 26.0 Å². The molecule has 5 aromatic rings. The number of alkyl halides is 3. The minimum atomic E-state index is -5.47. The maximum Gasteiger partial charge on any atom is 0.490 e. The summed E-state index contributed by atoms with van der Waals surface area (Å²) < 4.78 is 85.5. The second-order valence-electron chi connectivity index (χ2n) is 12.8. The SMILES string of the molecule is CCNC(C)C(=O)Oc1c(C)cc(C[n+]2cnn(C[C@](OC(=O)C(F)(F)F)(c3ccc(F)cc3F)[C@@H](C)c3nc(-c4ccc(C#N)cc4)cs3)c2)cc1C. The number of ether oxygens (including phenoxy) is 2. The number of carbonyl (C=O) groups excluding carboxylic acids is 2. The van der Waals surface area contributed by atoms with Gasteiger partial charge in [0.15, 0.2) is 5.60 Å². The molecule has 0 fully saturated rings. The number of likely N-dealkylation sites (N-methyl/N-ethyl adjacent to an activating group) is 1. The van der Waals surface area contributed by atoms with Crippen LogP contribution in [-0.4, -0.2) is 45.5 Å². The normalized spacial score (nSPS) is 13.8. The van der Waals surface area contributed by atoms with Crippen LogP contribution in [0.1, 0.15) is 59.5 Å². The van der Waals surface area contributed by atoms with Crippen LogP contribution in [0.4, 0.5) is 22.0 Å². The van der Waals surface area contributed by atoms with E-state index in [1.807, 2.05) is 25.1 Å². The van der Waals surface area contributed by atoms with Crippen LogP contribution in [0.2, 0.25) is 0 Å². The Kier molecular flexibility index (Phi) is 11.9. The van der Waals surface area contributed by atoms with Crippen molar-refractivity contribution in [3.63, 3.8) is 0 Å². The number of rotatable bonds is 13. The van der Waals surface area contributed by atoms with E-state index in [9.17, 15) is 27.2 Å². The molecule has 0 amide bonds. The van der Waals surface area contributed by atoms with Gasteiger partial charge in [-0.2, -0.15) is 18.4 Å². The molecule has 2 heterocycles. The summed E-state index contributed by atoms with van der Waals surface area (Å²) in [6.07, 6.45) is -2.63. The van der Waals surface area contributed by atoms with Gasteiger partial charge in [0.05, 0.1) is 29.8 Å². The lowest BCUT2D eigenvalue weighted by molar-refractivity contribution is -0.689. The Labute approximate surface area is 311 Å². The number of esters is 2. The lowest BCUT2D eigenvalue weighted by atomic mass is 9.81. The maximum absolute atomic E-state index is 15.7. The molecule has 1 unspecified atom stereocenters. The quantitative estimate of drug-likeness (QED) is 0.0600. The first kappa shape index (κ1) is 39.7. The largest absolute Gasteiger partial charge is 0.490 e. The third-order valence-corrected chi connectivity index (χ3v) is 9.80. The lowest BCUT2D eigenvalue weighted by Crippen LogP contribution is -2.45. The Balaban J connectivity index is 1.53. The molecule has 5 rings (SSSR count). The Morgan fingerprint density at radius 3 is 2.35 bits per heavy atom. The van der Waals surface area contributed by atoms with Gasteiger partial charge in [-0.25, -0.2) is 27.9 Å². The van der Waals surface area contributed by atoms with E-state index < -0.39 is 59.4 Å². The zero-order chi connectivity index (χ0) is 39.4. The van der Waals surface area contributed by atoms with Crippen molar-refractivity contribution in [3.8, 4) is 23.1 Å². The number of hydrogen-bond donors (Lipinski definition) is 1. The smallest absolute Gasteiger partial charge is 0.443 e. The molecule has 54 heavy (non-hydrogen) atoms. The molecule has 3 atom stereocenters. The molecule has 0 aliphatic heterocycles. The highest BCUT2D eigenvalue weighted by Crippen LogP contribution is 2.45. The summed E-state index contributed by atoms with van der Waals surface area (Å²) in [7, 11) is 0. The van der Waals surface area contributed by atoms with Crippen molar-refractivity contribution < 1.29 is 45.6 Å². The summed E-state index contributed by atoms with van der Waals surface area (Å²) in [6, 6.07) is 13.9. The van der Waals surface area contributed by atoms with Gasteiger partial charge >= 0.3 is 18.1 Å². The lowest BCUT2D eigenvalue weighted by Gasteiger charge is -2.36. The molecule has 0 saturated heterocycles. The molecule has 0 saturated carbocycles. The number of thiazole rings is 1. The molecule has 1 N–H and O–H groups in total. The standard InChI is InChI=1S/C38H36F5N6O4S/c1-6-45-25(5)35(50)52-33-22(2)13-27(14-23(33)3)17-48-20-46-49(21-48)19-37(53-36(51)38(41,42)43,30-12-11-29(39)15-31(30)40)24(4)34-47-32(18-54-34)28-9-7-26(16-44)8-10-28/h7-15,18,20-21,24-25,45H,6,17,19H2,1-5H3/q+1/t24-,25?,37+/m0/s1. The van der Waals surface area contributed by atoms with Crippen molar-refractivity contribution in [3.05, 3.63) is 117 Å². The summed E-state index contributed by atoms with van der Waals surface area (Å²) in [5.74, 6) is -6.08. The third kappa shape index (κ3) is 8.80. The van der Waals surface area contributed by atoms with Gasteiger partial charge in [0.2, 0.25) is 6.33 Å². The zero-order valence-electron chi connectivity index (χ0n) is 29.9. The molecule has 282 valence electrons. The number of carbonyl (C=O) groups is 2. The van der Waals surface area contributed by atoms with E-state index in [4.69, 9.17) is 14.7 Å². The van der Waals surface area contributed by atoms with Crippen LogP contribution in [0.3, 0.4) is 0 Å². The van der Waals surface area contributed by atoms with Crippen molar-refractivity contribution in [1.82, 2.24) is 20.1 Å². The van der Waals surface area contributed by atoms with E-state index >= 15 is 4.39 Å². The van der Waals surface area contributed by atoms with E-state index in [-0.39, 0.29) is 11.6 Å². The van der Waals surface area contributed by atoms with Crippen molar-refractivity contribution in [1.29, 1.82) is 5.26 Å². The average Bonchev–Trinajstić information content (AvgIpc) is 3.79. The Morgan fingerprint density at radius 2 is 1.74 bits per heavy atom. The van der Waals surface area contributed by atoms with E-state index in [2.05, 4.69) is 15.4 Å². The van der Waals surface area contributed by atoms with Crippen LogP contribution >= 0.6 is 11.3 Å². The van der Waals surface area contributed by atoms with E-state index in [0.29, 0.717) is 46.3 Å². The summed E-state index contributed by atoms with van der Waals surface area (Å²) in [5, 5.41) is 18.3. The number of nitrogens with zero attached hydrogens (tertiary/aromatic N) is 5. The monoisotopic (exact) mass is 767 g/mol. The highest BCUT2D eigenvalue weighted by molar-refractivity contribution is 7.10. The second-order valence-corrected chi connectivity index (χ2v) is 13.6. The molecule has 2 aromatic heterocycles. The summed E-state index contributed by atoms with van der Waals surface area (Å²) >= 11 is 1.04. The Morgan fingerprint density at radius 1 is 1.06 bits per heavy atom. The van der Waals surface area contributed by atoms with Crippen LogP contribution in [0.25, 0.3) is 11.3 Å². The molecule has 10 nitrogen and oxygen atoms in total. The van der Waals surface area contributed by atoms with Crippen molar-refractivity contribution in [2.45, 2.75) is 71.4 Å². The van der Waals surface area contributed by atoms with Crippen LogP contribution < -0.4 is 14.6 Å². The van der Waals surface area contributed by atoms with Crippen molar-refractivity contribution >= 4 is 23.3 Å². The number of nitriles is 1. The van der Waals surface area contributed by atoms with Gasteiger partial charge in [-0.3, -0.25) is 0 Å². The van der Waals surface area contributed by atoms with E-state index in [1.165, 1.54) is 24.3 Å². The predicted octanol–water partition coefficient (Wildman–Crippen LogP) is 6.82. The highest BCUT2D eigenvalue weighted by Gasteiger charge is 2.53. The zero-order valence-corrected chi connectivity index (χ0v) is 30.7. The van der Waals surface area contributed by atoms with Crippen LogP contribution in [0.15, 0.2) is 72.6 Å². The maximum atomic E-state index is 15.7. The fourth-order valence-corrected chi connectivity index (χ4v) is 7.04. The van der Waals surface area contributed by atoms with Gasteiger partial charge in [0.1, 0.15) is 35.0 Å². The molecule has 0 aliphatic carbocycles. The minimum Gasteiger partial charge on any atom is -0.443 e. The van der Waals surface area contributed by atoms with Crippen LogP contribution in [-0.2, 0) is 33.0 Å². The van der Waals surface area contributed by atoms with Crippen molar-refractivity contribution in [2.75, 3.05) is 6.54 Å². The summed E-state index contributed by atoms with van der Waals surface area (Å²) in [4.78, 5) is 29.8. The number of hydrogen-bond acceptors (Lipinski definition) is 9. The predicted molar refractivity (Wildman–Crippen MR) is 187 cm³/mol. The highest BCUT2D eigenvalue weighted by atomic mass is 32.1. The number of aromatic nitrogens is 4.